The van der Waals surface area contributed by atoms with Crippen molar-refractivity contribution in [1.82, 2.24) is 20.2 Å². The van der Waals surface area contributed by atoms with E-state index in [2.05, 4.69) is 20.6 Å². The molecule has 2 aromatic rings. The van der Waals surface area contributed by atoms with Gasteiger partial charge in [0.15, 0.2) is 0 Å². The maximum absolute atomic E-state index is 12.8. The molecule has 0 aliphatic carbocycles. The summed E-state index contributed by atoms with van der Waals surface area (Å²) in [5, 5.41) is 6.58. The molecule has 2 fully saturated rings. The van der Waals surface area contributed by atoms with E-state index in [1.165, 1.54) is 6.42 Å². The van der Waals surface area contributed by atoms with Crippen LogP contribution in [0, 0.1) is 5.41 Å². The van der Waals surface area contributed by atoms with Crippen LogP contribution in [0.4, 0.5) is 11.6 Å². The number of para-hydroxylation sites is 1. The van der Waals surface area contributed by atoms with Crippen LogP contribution in [-0.2, 0) is 0 Å². The highest BCUT2D eigenvalue weighted by molar-refractivity contribution is 5.93. The Morgan fingerprint density at radius 1 is 1.16 bits per heavy atom. The second-order valence-electron chi connectivity index (χ2n) is 7.04. The number of rotatable bonds is 3. The lowest BCUT2D eigenvalue weighted by Gasteiger charge is -2.40. The smallest absolute Gasteiger partial charge is 0.257 e. The first-order valence-electron chi connectivity index (χ1n) is 8.88. The Balaban J connectivity index is 1.43. The van der Waals surface area contributed by atoms with Gasteiger partial charge in [-0.15, -0.1) is 0 Å². The number of benzene rings is 1. The van der Waals surface area contributed by atoms with Crippen LogP contribution in [0.3, 0.4) is 0 Å². The summed E-state index contributed by atoms with van der Waals surface area (Å²) in [7, 11) is 0. The lowest BCUT2D eigenvalue weighted by Crippen LogP contribution is -2.47. The average molecular weight is 337 g/mol. The molecule has 2 saturated heterocycles. The molecule has 1 spiro atoms. The van der Waals surface area contributed by atoms with E-state index in [-0.39, 0.29) is 11.3 Å². The molecular weight excluding hydrogens is 314 g/mol. The van der Waals surface area contributed by atoms with E-state index in [9.17, 15) is 4.79 Å². The molecule has 25 heavy (non-hydrogen) atoms. The van der Waals surface area contributed by atoms with E-state index in [0.29, 0.717) is 11.5 Å². The van der Waals surface area contributed by atoms with Gasteiger partial charge in [-0.25, -0.2) is 9.97 Å². The zero-order valence-electron chi connectivity index (χ0n) is 14.2. The summed E-state index contributed by atoms with van der Waals surface area (Å²) in [5.74, 6) is 0.537. The van der Waals surface area contributed by atoms with Crippen LogP contribution in [0.5, 0.6) is 0 Å². The van der Waals surface area contributed by atoms with E-state index in [1.54, 1.807) is 12.4 Å². The highest BCUT2D eigenvalue weighted by atomic mass is 16.2. The fourth-order valence-electron chi connectivity index (χ4n) is 3.86. The van der Waals surface area contributed by atoms with Crippen molar-refractivity contribution in [2.75, 3.05) is 31.5 Å². The van der Waals surface area contributed by atoms with Gasteiger partial charge < -0.3 is 15.5 Å². The van der Waals surface area contributed by atoms with Crippen molar-refractivity contribution in [2.24, 2.45) is 5.41 Å². The molecule has 0 radical (unpaired) electrons. The van der Waals surface area contributed by atoms with E-state index in [0.717, 1.165) is 44.7 Å². The standard InChI is InChI=1S/C19H23N5O/c25-17(24-10-4-7-19(14-24)8-9-20-13-19)15-11-21-18(22-12-15)23-16-5-2-1-3-6-16/h1-3,5-6,11-12,20H,4,7-10,13-14H2,(H,21,22,23)/t19-/m0/s1. The summed E-state index contributed by atoms with van der Waals surface area (Å²) in [5.41, 5.74) is 1.75. The fourth-order valence-corrected chi connectivity index (χ4v) is 3.86. The second-order valence-corrected chi connectivity index (χ2v) is 7.04. The molecule has 0 bridgehead atoms. The monoisotopic (exact) mass is 337 g/mol. The Kier molecular flexibility index (Phi) is 4.36. The van der Waals surface area contributed by atoms with Crippen LogP contribution in [0.25, 0.3) is 0 Å². The molecule has 0 unspecified atom stereocenters. The van der Waals surface area contributed by atoms with E-state index < -0.39 is 0 Å². The minimum atomic E-state index is 0.0391. The quantitative estimate of drug-likeness (QED) is 0.900. The molecule has 3 heterocycles. The molecule has 2 aliphatic heterocycles. The molecule has 6 nitrogen and oxygen atoms in total. The third kappa shape index (κ3) is 3.49. The molecule has 130 valence electrons. The number of carbonyl (C=O) groups is 1. The van der Waals surface area contributed by atoms with Gasteiger partial charge in [-0.05, 0) is 37.9 Å². The third-order valence-electron chi connectivity index (χ3n) is 5.21. The predicted octanol–water partition coefficient (Wildman–Crippen LogP) is 2.44. The molecule has 1 amide bonds. The number of nitrogens with one attached hydrogen (secondary N) is 2. The summed E-state index contributed by atoms with van der Waals surface area (Å²) in [6.45, 7) is 3.74. The Morgan fingerprint density at radius 2 is 1.96 bits per heavy atom. The van der Waals surface area contributed by atoms with Gasteiger partial charge in [-0.1, -0.05) is 18.2 Å². The Hall–Kier alpha value is -2.47. The summed E-state index contributed by atoms with van der Waals surface area (Å²) < 4.78 is 0. The van der Waals surface area contributed by atoms with E-state index in [1.807, 2.05) is 35.2 Å². The topological polar surface area (TPSA) is 70.2 Å². The van der Waals surface area contributed by atoms with Crippen molar-refractivity contribution in [3.8, 4) is 0 Å². The summed E-state index contributed by atoms with van der Waals surface area (Å²) in [4.78, 5) is 23.4. The Morgan fingerprint density at radius 3 is 2.68 bits per heavy atom. The van der Waals surface area contributed by atoms with Gasteiger partial charge in [0.1, 0.15) is 0 Å². The SMILES string of the molecule is O=C(c1cnc(Nc2ccccc2)nc1)N1CCC[C@@]2(CCNC2)C1. The number of carbonyl (C=O) groups excluding carboxylic acids is 1. The molecule has 6 heteroatoms. The van der Waals surface area contributed by atoms with Gasteiger partial charge >= 0.3 is 0 Å². The van der Waals surface area contributed by atoms with Crippen molar-refractivity contribution in [2.45, 2.75) is 19.3 Å². The van der Waals surface area contributed by atoms with Crippen LogP contribution in [-0.4, -0.2) is 47.0 Å². The first kappa shape index (κ1) is 16.0. The number of hydrogen-bond donors (Lipinski definition) is 2. The molecule has 0 saturated carbocycles. The Bertz CT molecular complexity index is 725. The predicted molar refractivity (Wildman–Crippen MR) is 96.8 cm³/mol. The molecular formula is C19H23N5O. The number of amides is 1. The largest absolute Gasteiger partial charge is 0.338 e. The number of piperidine rings is 1. The van der Waals surface area contributed by atoms with Gasteiger partial charge in [0.2, 0.25) is 5.95 Å². The van der Waals surface area contributed by atoms with E-state index >= 15 is 0 Å². The lowest BCUT2D eigenvalue weighted by molar-refractivity contribution is 0.0552. The van der Waals surface area contributed by atoms with Crippen molar-refractivity contribution < 1.29 is 4.79 Å². The summed E-state index contributed by atoms with van der Waals surface area (Å²) in [6, 6.07) is 9.75. The Labute approximate surface area is 147 Å². The van der Waals surface area contributed by atoms with Crippen molar-refractivity contribution in [3.05, 3.63) is 48.3 Å². The molecule has 1 aromatic carbocycles. The molecule has 1 aromatic heterocycles. The second kappa shape index (κ2) is 6.80. The number of hydrogen-bond acceptors (Lipinski definition) is 5. The molecule has 4 rings (SSSR count). The van der Waals surface area contributed by atoms with Crippen LogP contribution in [0.1, 0.15) is 29.6 Å². The first-order chi connectivity index (χ1) is 12.2. The number of likely N-dealkylation sites (tertiary alicyclic amines) is 1. The lowest BCUT2D eigenvalue weighted by atomic mass is 9.79. The number of nitrogens with zero attached hydrogens (tertiary/aromatic N) is 3. The first-order valence-corrected chi connectivity index (χ1v) is 8.88. The van der Waals surface area contributed by atoms with Gasteiger partial charge in [-0.2, -0.15) is 0 Å². The van der Waals surface area contributed by atoms with Crippen LogP contribution in [0.15, 0.2) is 42.7 Å². The fraction of sp³-hybridized carbons (Fsp3) is 0.421. The minimum Gasteiger partial charge on any atom is -0.338 e. The van der Waals surface area contributed by atoms with Crippen LogP contribution in [0.2, 0.25) is 0 Å². The zero-order valence-corrected chi connectivity index (χ0v) is 14.2. The normalized spacial score (nSPS) is 23.0. The highest BCUT2D eigenvalue weighted by Crippen LogP contribution is 2.35. The van der Waals surface area contributed by atoms with E-state index in [4.69, 9.17) is 0 Å². The maximum Gasteiger partial charge on any atom is 0.257 e. The van der Waals surface area contributed by atoms with Crippen molar-refractivity contribution >= 4 is 17.5 Å². The van der Waals surface area contributed by atoms with Crippen molar-refractivity contribution in [3.63, 3.8) is 0 Å². The van der Waals surface area contributed by atoms with Crippen LogP contribution < -0.4 is 10.6 Å². The van der Waals surface area contributed by atoms with Crippen molar-refractivity contribution in [1.29, 1.82) is 0 Å². The van der Waals surface area contributed by atoms with Crippen LogP contribution >= 0.6 is 0 Å². The molecule has 2 aliphatic rings. The molecule has 2 N–H and O–H groups in total. The maximum atomic E-state index is 12.8. The van der Waals surface area contributed by atoms with Gasteiger partial charge in [0, 0.05) is 43.1 Å². The summed E-state index contributed by atoms with van der Waals surface area (Å²) in [6.07, 6.45) is 6.68. The average Bonchev–Trinajstić information content (AvgIpc) is 3.10. The minimum absolute atomic E-state index is 0.0391. The number of aromatic nitrogens is 2. The third-order valence-corrected chi connectivity index (χ3v) is 5.21. The van der Waals surface area contributed by atoms with Gasteiger partial charge in [0.05, 0.1) is 5.56 Å². The number of anilines is 2. The van der Waals surface area contributed by atoms with Gasteiger partial charge in [-0.3, -0.25) is 4.79 Å². The summed E-state index contributed by atoms with van der Waals surface area (Å²) >= 11 is 0. The molecule has 1 atom stereocenters. The highest BCUT2D eigenvalue weighted by Gasteiger charge is 2.39. The van der Waals surface area contributed by atoms with Gasteiger partial charge in [0.25, 0.3) is 5.91 Å². The zero-order chi connectivity index (χ0) is 17.1.